The van der Waals surface area contributed by atoms with Crippen molar-refractivity contribution in [3.05, 3.63) is 79.7 Å². The molecule has 0 spiro atoms. The minimum absolute atomic E-state index is 0.0508. The number of amides is 1. The molecule has 1 heterocycles. The van der Waals surface area contributed by atoms with Crippen molar-refractivity contribution in [1.29, 1.82) is 0 Å². The standard InChI is InChI=1S/C18H13ClN4O5/c1-28-15-7-6-12(8-14(15)23(26)27)21-17(24)13-9-20-16(22-18(13)25)10-2-4-11(19)5-3-10/h2-9H,1H3,(H,21,24)(H,20,22,25). The van der Waals surface area contributed by atoms with Crippen LogP contribution in [-0.2, 0) is 0 Å². The van der Waals surface area contributed by atoms with Crippen molar-refractivity contribution in [2.45, 2.75) is 0 Å². The molecule has 10 heteroatoms. The number of carbonyl (C=O) groups excluding carboxylic acids is 1. The van der Waals surface area contributed by atoms with Crippen LogP contribution in [0.1, 0.15) is 10.4 Å². The van der Waals surface area contributed by atoms with Crippen molar-refractivity contribution in [2.75, 3.05) is 12.4 Å². The molecule has 1 aromatic heterocycles. The lowest BCUT2D eigenvalue weighted by atomic mass is 10.2. The average Bonchev–Trinajstić information content (AvgIpc) is 2.68. The molecule has 28 heavy (non-hydrogen) atoms. The lowest BCUT2D eigenvalue weighted by molar-refractivity contribution is -0.385. The van der Waals surface area contributed by atoms with Crippen LogP contribution in [0.3, 0.4) is 0 Å². The zero-order valence-corrected chi connectivity index (χ0v) is 15.2. The summed E-state index contributed by atoms with van der Waals surface area (Å²) >= 11 is 5.83. The number of nitrogens with zero attached hydrogens (tertiary/aromatic N) is 2. The van der Waals surface area contributed by atoms with E-state index in [9.17, 15) is 19.7 Å². The second-order valence-corrected chi connectivity index (χ2v) is 6.02. The molecule has 2 aromatic carbocycles. The Hall–Kier alpha value is -3.72. The molecule has 1 amide bonds. The van der Waals surface area contributed by atoms with Gasteiger partial charge in [-0.15, -0.1) is 0 Å². The molecule has 0 atom stereocenters. The number of anilines is 1. The van der Waals surface area contributed by atoms with Crippen molar-refractivity contribution >= 4 is 28.9 Å². The summed E-state index contributed by atoms with van der Waals surface area (Å²) in [6.07, 6.45) is 1.13. The summed E-state index contributed by atoms with van der Waals surface area (Å²) in [6, 6.07) is 10.6. The Balaban J connectivity index is 1.85. The fourth-order valence-electron chi connectivity index (χ4n) is 2.42. The molecular formula is C18H13ClN4O5. The molecule has 2 N–H and O–H groups in total. The molecule has 3 rings (SSSR count). The third-order valence-electron chi connectivity index (χ3n) is 3.80. The molecule has 0 aliphatic heterocycles. The van der Waals surface area contributed by atoms with Gasteiger partial charge >= 0.3 is 5.69 Å². The molecule has 0 saturated heterocycles. The first-order chi connectivity index (χ1) is 13.4. The SMILES string of the molecule is COc1ccc(NC(=O)c2cnc(-c3ccc(Cl)cc3)[nH]c2=O)cc1[N+](=O)[O-]. The van der Waals surface area contributed by atoms with Crippen molar-refractivity contribution in [3.63, 3.8) is 0 Å². The average molecular weight is 401 g/mol. The Bertz CT molecular complexity index is 1110. The largest absolute Gasteiger partial charge is 0.490 e. The van der Waals surface area contributed by atoms with E-state index < -0.39 is 16.4 Å². The molecule has 0 aliphatic rings. The highest BCUT2D eigenvalue weighted by molar-refractivity contribution is 6.30. The van der Waals surface area contributed by atoms with Crippen LogP contribution >= 0.6 is 11.6 Å². The van der Waals surface area contributed by atoms with Gasteiger partial charge in [-0.05, 0) is 36.4 Å². The zero-order valence-electron chi connectivity index (χ0n) is 14.4. The lowest BCUT2D eigenvalue weighted by Gasteiger charge is -2.07. The van der Waals surface area contributed by atoms with Crippen molar-refractivity contribution in [2.24, 2.45) is 0 Å². The van der Waals surface area contributed by atoms with E-state index in [2.05, 4.69) is 15.3 Å². The molecule has 9 nitrogen and oxygen atoms in total. The molecule has 142 valence electrons. The van der Waals surface area contributed by atoms with Crippen molar-refractivity contribution in [1.82, 2.24) is 9.97 Å². The topological polar surface area (TPSA) is 127 Å². The summed E-state index contributed by atoms with van der Waals surface area (Å²) < 4.78 is 4.91. The molecule has 0 saturated carbocycles. The minimum Gasteiger partial charge on any atom is -0.490 e. The second kappa shape index (κ2) is 7.89. The van der Waals surface area contributed by atoms with E-state index in [4.69, 9.17) is 16.3 Å². The number of rotatable bonds is 5. The zero-order chi connectivity index (χ0) is 20.3. The predicted octanol–water partition coefficient (Wildman–Crippen LogP) is 3.26. The highest BCUT2D eigenvalue weighted by Crippen LogP contribution is 2.29. The smallest absolute Gasteiger partial charge is 0.312 e. The summed E-state index contributed by atoms with van der Waals surface area (Å²) in [7, 11) is 1.30. The van der Waals surface area contributed by atoms with Crippen LogP contribution < -0.4 is 15.6 Å². The van der Waals surface area contributed by atoms with Crippen molar-refractivity contribution < 1.29 is 14.5 Å². The van der Waals surface area contributed by atoms with Gasteiger partial charge in [-0.3, -0.25) is 19.7 Å². The van der Waals surface area contributed by atoms with Gasteiger partial charge in [-0.25, -0.2) is 4.98 Å². The van der Waals surface area contributed by atoms with Crippen LogP contribution in [0.5, 0.6) is 5.75 Å². The number of benzene rings is 2. The number of hydrogen-bond acceptors (Lipinski definition) is 6. The van der Waals surface area contributed by atoms with Crippen LogP contribution in [0.15, 0.2) is 53.5 Å². The lowest BCUT2D eigenvalue weighted by Crippen LogP contribution is -2.24. The van der Waals surface area contributed by atoms with Crippen LogP contribution in [0.25, 0.3) is 11.4 Å². The van der Waals surface area contributed by atoms with Gasteiger partial charge in [0.1, 0.15) is 11.4 Å². The highest BCUT2D eigenvalue weighted by atomic mass is 35.5. The first kappa shape index (κ1) is 19.1. The van der Waals surface area contributed by atoms with E-state index in [1.807, 2.05) is 0 Å². The second-order valence-electron chi connectivity index (χ2n) is 5.58. The number of ether oxygens (including phenoxy) is 1. The Labute approximate surface area is 163 Å². The quantitative estimate of drug-likeness (QED) is 0.499. The minimum atomic E-state index is -0.754. The third-order valence-corrected chi connectivity index (χ3v) is 4.05. The van der Waals surface area contributed by atoms with E-state index in [1.54, 1.807) is 24.3 Å². The monoisotopic (exact) mass is 400 g/mol. The van der Waals surface area contributed by atoms with Crippen LogP contribution in [0.4, 0.5) is 11.4 Å². The van der Waals surface area contributed by atoms with Crippen LogP contribution in [-0.4, -0.2) is 27.9 Å². The molecule has 0 unspecified atom stereocenters. The number of aromatic nitrogens is 2. The maximum Gasteiger partial charge on any atom is 0.312 e. The number of hydrogen-bond donors (Lipinski definition) is 2. The Kier molecular flexibility index (Phi) is 5.37. The number of H-pyrrole nitrogens is 1. The summed E-state index contributed by atoms with van der Waals surface area (Å²) in [5.41, 5.74) is -0.444. The molecule has 0 bridgehead atoms. The van der Waals surface area contributed by atoms with E-state index in [0.717, 1.165) is 12.3 Å². The molecular weight excluding hydrogens is 388 g/mol. The summed E-state index contributed by atoms with van der Waals surface area (Å²) in [4.78, 5) is 41.7. The number of halogens is 1. The molecule has 0 fully saturated rings. The van der Waals surface area contributed by atoms with Gasteiger partial charge in [-0.1, -0.05) is 11.6 Å². The number of carbonyl (C=O) groups is 1. The number of aromatic amines is 1. The summed E-state index contributed by atoms with van der Waals surface area (Å²) in [5, 5.41) is 14.0. The van der Waals surface area contributed by atoms with E-state index in [-0.39, 0.29) is 28.5 Å². The van der Waals surface area contributed by atoms with Crippen molar-refractivity contribution in [3.8, 4) is 17.1 Å². The molecule has 3 aromatic rings. The Morgan fingerprint density at radius 1 is 1.25 bits per heavy atom. The summed E-state index contributed by atoms with van der Waals surface area (Å²) in [5.74, 6) is -0.427. The van der Waals surface area contributed by atoms with Crippen LogP contribution in [0, 0.1) is 10.1 Å². The fourth-order valence-corrected chi connectivity index (χ4v) is 2.55. The predicted molar refractivity (Wildman–Crippen MR) is 103 cm³/mol. The first-order valence-electron chi connectivity index (χ1n) is 7.88. The number of nitrogens with one attached hydrogen (secondary N) is 2. The first-order valence-corrected chi connectivity index (χ1v) is 8.26. The van der Waals surface area contributed by atoms with E-state index >= 15 is 0 Å². The number of methoxy groups -OCH3 is 1. The summed E-state index contributed by atoms with van der Waals surface area (Å²) in [6.45, 7) is 0. The maximum absolute atomic E-state index is 12.4. The van der Waals surface area contributed by atoms with Gasteiger partial charge < -0.3 is 15.0 Å². The molecule has 0 radical (unpaired) electrons. The van der Waals surface area contributed by atoms with E-state index in [0.29, 0.717) is 10.6 Å². The van der Waals surface area contributed by atoms with Crippen LogP contribution in [0.2, 0.25) is 5.02 Å². The fraction of sp³-hybridized carbons (Fsp3) is 0.0556. The van der Waals surface area contributed by atoms with E-state index in [1.165, 1.54) is 19.2 Å². The number of nitro benzene ring substituents is 1. The van der Waals surface area contributed by atoms with Gasteiger partial charge in [0.15, 0.2) is 5.75 Å². The third kappa shape index (κ3) is 3.99. The highest BCUT2D eigenvalue weighted by Gasteiger charge is 2.18. The van der Waals surface area contributed by atoms with Gasteiger partial charge in [0.05, 0.1) is 12.0 Å². The number of nitro groups is 1. The Morgan fingerprint density at radius 3 is 2.57 bits per heavy atom. The molecule has 0 aliphatic carbocycles. The normalized spacial score (nSPS) is 10.4. The maximum atomic E-state index is 12.4. The van der Waals surface area contributed by atoms with Gasteiger partial charge in [0.25, 0.3) is 11.5 Å². The van der Waals surface area contributed by atoms with Gasteiger partial charge in [-0.2, -0.15) is 0 Å². The Morgan fingerprint density at radius 2 is 1.96 bits per heavy atom. The van der Waals surface area contributed by atoms with Gasteiger partial charge in [0, 0.05) is 28.5 Å². The van der Waals surface area contributed by atoms with Gasteiger partial charge in [0.2, 0.25) is 0 Å².